The van der Waals surface area contributed by atoms with Gasteiger partial charge in [-0.2, -0.15) is 0 Å². The molecule has 0 fully saturated rings. The van der Waals surface area contributed by atoms with Crippen LogP contribution in [0.4, 0.5) is 5.82 Å². The van der Waals surface area contributed by atoms with E-state index in [1.54, 1.807) is 0 Å². The second-order valence-electron chi connectivity index (χ2n) is 3.90. The molecule has 0 radical (unpaired) electrons. The molecule has 0 spiro atoms. The number of pyridine rings is 1. The number of nitrogens with zero attached hydrogens (tertiary/aromatic N) is 1. The summed E-state index contributed by atoms with van der Waals surface area (Å²) in [6, 6.07) is 11.6. The Hall–Kier alpha value is -1.01. The Bertz CT molecular complexity index is 546. The van der Waals surface area contributed by atoms with Gasteiger partial charge in [0.15, 0.2) is 0 Å². The zero-order valence-corrected chi connectivity index (χ0v) is 13.4. The van der Waals surface area contributed by atoms with Crippen molar-refractivity contribution in [2.75, 3.05) is 11.9 Å². The Morgan fingerprint density at radius 1 is 1.21 bits per heavy atom. The molecule has 1 N–H and O–H groups in total. The zero-order chi connectivity index (χ0) is 13.7. The predicted molar refractivity (Wildman–Crippen MR) is 86.9 cm³/mol. The average Bonchev–Trinajstić information content (AvgIpc) is 2.41. The molecule has 1 aromatic carbocycles. The van der Waals surface area contributed by atoms with Gasteiger partial charge < -0.3 is 10.1 Å². The van der Waals surface area contributed by atoms with Gasteiger partial charge in [-0.3, -0.25) is 0 Å². The van der Waals surface area contributed by atoms with E-state index in [1.807, 2.05) is 43.3 Å². The molecule has 0 aliphatic rings. The van der Waals surface area contributed by atoms with Crippen LogP contribution in [0.3, 0.4) is 0 Å². The van der Waals surface area contributed by atoms with Gasteiger partial charge >= 0.3 is 0 Å². The maximum atomic E-state index is 6.12. The minimum Gasteiger partial charge on any atom is -0.487 e. The van der Waals surface area contributed by atoms with E-state index in [0.717, 1.165) is 23.8 Å². The van der Waals surface area contributed by atoms with Crippen LogP contribution >= 0.6 is 34.2 Å². The summed E-state index contributed by atoms with van der Waals surface area (Å²) < 4.78 is 6.86. The largest absolute Gasteiger partial charge is 0.487 e. The van der Waals surface area contributed by atoms with Crippen molar-refractivity contribution >= 4 is 40.0 Å². The summed E-state index contributed by atoms with van der Waals surface area (Å²) >= 11 is 8.37. The second-order valence-corrected chi connectivity index (χ2v) is 5.55. The Kier molecular flexibility index (Phi) is 5.27. The highest BCUT2D eigenvalue weighted by Gasteiger charge is 2.05. The number of anilines is 1. The Balaban J connectivity index is 2.05. The molecular formula is C14H14ClIN2O. The lowest BCUT2D eigenvalue weighted by Crippen LogP contribution is -2.04. The third-order valence-corrected chi connectivity index (χ3v) is 3.53. The fourth-order valence-electron chi connectivity index (χ4n) is 1.55. The molecule has 2 aromatic rings. The Morgan fingerprint density at radius 3 is 2.63 bits per heavy atom. The highest BCUT2D eigenvalue weighted by atomic mass is 127. The summed E-state index contributed by atoms with van der Waals surface area (Å²) in [5, 5.41) is 3.77. The SMILES string of the molecule is CCNc1ccc(Cl)c(COc2ccc(I)cc2)n1. The molecule has 2 rings (SSSR count). The van der Waals surface area contributed by atoms with E-state index >= 15 is 0 Å². The standard InChI is InChI=1S/C14H14ClIN2O/c1-2-17-14-8-7-12(15)13(18-14)9-19-11-5-3-10(16)4-6-11/h3-8H,2,9H2,1H3,(H,17,18). The number of hydrogen-bond donors (Lipinski definition) is 1. The van der Waals surface area contributed by atoms with E-state index in [0.29, 0.717) is 11.6 Å². The van der Waals surface area contributed by atoms with Gasteiger partial charge in [0.2, 0.25) is 0 Å². The van der Waals surface area contributed by atoms with Crippen LogP contribution in [0.2, 0.25) is 5.02 Å². The number of aromatic nitrogens is 1. The Labute approximate surface area is 131 Å². The van der Waals surface area contributed by atoms with Crippen molar-refractivity contribution in [3.63, 3.8) is 0 Å². The van der Waals surface area contributed by atoms with Crippen LogP contribution < -0.4 is 10.1 Å². The zero-order valence-electron chi connectivity index (χ0n) is 10.5. The number of ether oxygens (including phenoxy) is 1. The number of rotatable bonds is 5. The number of benzene rings is 1. The second kappa shape index (κ2) is 6.96. The van der Waals surface area contributed by atoms with Gasteiger partial charge in [-0.15, -0.1) is 0 Å². The topological polar surface area (TPSA) is 34.1 Å². The molecule has 5 heteroatoms. The maximum absolute atomic E-state index is 6.12. The molecule has 0 atom stereocenters. The summed E-state index contributed by atoms with van der Waals surface area (Å²) in [6.07, 6.45) is 0. The van der Waals surface area contributed by atoms with E-state index in [1.165, 1.54) is 3.57 Å². The van der Waals surface area contributed by atoms with Crippen LogP contribution in [0.25, 0.3) is 0 Å². The van der Waals surface area contributed by atoms with E-state index in [9.17, 15) is 0 Å². The molecule has 0 saturated heterocycles. The smallest absolute Gasteiger partial charge is 0.132 e. The van der Waals surface area contributed by atoms with E-state index < -0.39 is 0 Å². The monoisotopic (exact) mass is 388 g/mol. The van der Waals surface area contributed by atoms with Gasteiger partial charge in [0.1, 0.15) is 18.2 Å². The van der Waals surface area contributed by atoms with Gasteiger partial charge in [0.25, 0.3) is 0 Å². The first kappa shape index (κ1) is 14.4. The summed E-state index contributed by atoms with van der Waals surface area (Å²) in [5.41, 5.74) is 0.735. The molecule has 0 amide bonds. The number of halogens is 2. The van der Waals surface area contributed by atoms with Crippen LogP contribution in [-0.2, 0) is 6.61 Å². The minimum absolute atomic E-state index is 0.360. The molecule has 19 heavy (non-hydrogen) atoms. The van der Waals surface area contributed by atoms with Crippen LogP contribution in [0.1, 0.15) is 12.6 Å². The minimum atomic E-state index is 0.360. The molecular weight excluding hydrogens is 375 g/mol. The van der Waals surface area contributed by atoms with Crippen molar-refractivity contribution in [1.29, 1.82) is 0 Å². The van der Waals surface area contributed by atoms with E-state index in [-0.39, 0.29) is 0 Å². The van der Waals surface area contributed by atoms with Gasteiger partial charge in [0, 0.05) is 10.1 Å². The van der Waals surface area contributed by atoms with Crippen LogP contribution in [0, 0.1) is 3.57 Å². The van der Waals surface area contributed by atoms with Gasteiger partial charge in [0.05, 0.1) is 10.7 Å². The van der Waals surface area contributed by atoms with Gasteiger partial charge in [-0.05, 0) is 65.9 Å². The van der Waals surface area contributed by atoms with Crippen LogP contribution in [0.5, 0.6) is 5.75 Å². The Morgan fingerprint density at radius 2 is 1.95 bits per heavy atom. The molecule has 0 bridgehead atoms. The third-order valence-electron chi connectivity index (χ3n) is 2.47. The first-order valence-corrected chi connectivity index (χ1v) is 7.42. The molecule has 100 valence electrons. The molecule has 1 heterocycles. The highest BCUT2D eigenvalue weighted by Crippen LogP contribution is 2.20. The van der Waals surface area contributed by atoms with Crippen LogP contribution in [0.15, 0.2) is 36.4 Å². The lowest BCUT2D eigenvalue weighted by Gasteiger charge is -2.09. The van der Waals surface area contributed by atoms with Crippen molar-refractivity contribution in [2.45, 2.75) is 13.5 Å². The molecule has 0 saturated carbocycles. The van der Waals surface area contributed by atoms with Crippen molar-refractivity contribution in [3.8, 4) is 5.75 Å². The quantitative estimate of drug-likeness (QED) is 0.773. The maximum Gasteiger partial charge on any atom is 0.132 e. The van der Waals surface area contributed by atoms with Crippen molar-refractivity contribution in [2.24, 2.45) is 0 Å². The molecule has 1 aromatic heterocycles. The first-order chi connectivity index (χ1) is 9.19. The van der Waals surface area contributed by atoms with E-state index in [4.69, 9.17) is 16.3 Å². The normalized spacial score (nSPS) is 10.3. The van der Waals surface area contributed by atoms with Crippen molar-refractivity contribution in [1.82, 2.24) is 4.98 Å². The van der Waals surface area contributed by atoms with Crippen molar-refractivity contribution < 1.29 is 4.74 Å². The van der Waals surface area contributed by atoms with Crippen molar-refractivity contribution in [3.05, 3.63) is 50.7 Å². The lowest BCUT2D eigenvalue weighted by molar-refractivity contribution is 0.301. The number of nitrogens with one attached hydrogen (secondary N) is 1. The van der Waals surface area contributed by atoms with E-state index in [2.05, 4.69) is 32.9 Å². The molecule has 0 aliphatic heterocycles. The first-order valence-electron chi connectivity index (χ1n) is 5.96. The lowest BCUT2D eigenvalue weighted by atomic mass is 10.3. The predicted octanol–water partition coefficient (Wildman–Crippen LogP) is 4.35. The van der Waals surface area contributed by atoms with Gasteiger partial charge in [-0.25, -0.2) is 4.98 Å². The molecule has 3 nitrogen and oxygen atoms in total. The number of hydrogen-bond acceptors (Lipinski definition) is 3. The summed E-state index contributed by atoms with van der Waals surface area (Å²) in [4.78, 5) is 4.43. The summed E-state index contributed by atoms with van der Waals surface area (Å²) in [5.74, 6) is 1.63. The summed E-state index contributed by atoms with van der Waals surface area (Å²) in [7, 11) is 0. The fourth-order valence-corrected chi connectivity index (χ4v) is 2.07. The summed E-state index contributed by atoms with van der Waals surface area (Å²) in [6.45, 7) is 3.21. The van der Waals surface area contributed by atoms with Crippen LogP contribution in [-0.4, -0.2) is 11.5 Å². The third kappa shape index (κ3) is 4.24. The van der Waals surface area contributed by atoms with Gasteiger partial charge in [-0.1, -0.05) is 11.6 Å². The highest BCUT2D eigenvalue weighted by molar-refractivity contribution is 14.1. The average molecular weight is 389 g/mol. The molecule has 0 aliphatic carbocycles. The molecule has 0 unspecified atom stereocenters. The fraction of sp³-hybridized carbons (Fsp3) is 0.214.